The maximum atomic E-state index is 6.38. The van der Waals surface area contributed by atoms with Gasteiger partial charge in [0.25, 0.3) is 0 Å². The lowest BCUT2D eigenvalue weighted by Gasteiger charge is -2.40. The lowest BCUT2D eigenvalue weighted by atomic mass is 9.87. The van der Waals surface area contributed by atoms with Crippen LogP contribution in [0, 0.1) is 17.3 Å². The Morgan fingerprint density at radius 3 is 2.55 bits per heavy atom. The Labute approximate surface area is 143 Å². The van der Waals surface area contributed by atoms with E-state index in [-0.39, 0.29) is 0 Å². The molecule has 3 atom stereocenters. The van der Waals surface area contributed by atoms with Crippen LogP contribution in [0.2, 0.25) is 0 Å². The van der Waals surface area contributed by atoms with Gasteiger partial charge in [-0.05, 0) is 42.1 Å². The molecule has 1 aliphatic heterocycles. The van der Waals surface area contributed by atoms with E-state index in [1.54, 1.807) is 0 Å². The van der Waals surface area contributed by atoms with Crippen LogP contribution in [0.1, 0.15) is 38.7 Å². The predicted octanol–water partition coefficient (Wildman–Crippen LogP) is 5.20. The monoisotopic (exact) mass is 334 g/mol. The molecule has 1 saturated heterocycles. The highest BCUT2D eigenvalue weighted by molar-refractivity contribution is 8.21. The second kappa shape index (κ2) is 5.75. The molecule has 3 heteroatoms. The largest absolute Gasteiger partial charge is 0.373 e. The van der Waals surface area contributed by atoms with Gasteiger partial charge < -0.3 is 4.74 Å². The molecule has 1 aromatic rings. The summed E-state index contributed by atoms with van der Waals surface area (Å²) in [6.07, 6.45) is 4.46. The van der Waals surface area contributed by atoms with Crippen molar-refractivity contribution in [2.45, 2.75) is 49.9 Å². The number of hydrogen-bond donors (Lipinski definition) is 0. The van der Waals surface area contributed by atoms with E-state index in [0.717, 1.165) is 18.4 Å². The summed E-state index contributed by atoms with van der Waals surface area (Å²) in [4.78, 5) is 0. The van der Waals surface area contributed by atoms with Gasteiger partial charge in [-0.3, -0.25) is 0 Å². The quantitative estimate of drug-likeness (QED) is 0.751. The molecule has 0 N–H and O–H groups in total. The molecule has 120 valence electrons. The van der Waals surface area contributed by atoms with Crippen molar-refractivity contribution in [3.63, 3.8) is 0 Å². The summed E-state index contributed by atoms with van der Waals surface area (Å²) < 4.78 is 6.86. The van der Waals surface area contributed by atoms with Crippen molar-refractivity contribution >= 4 is 23.5 Å². The van der Waals surface area contributed by atoms with Crippen LogP contribution in [0.25, 0.3) is 0 Å². The SMILES string of the molecule is CC1(C)C[C@H]2[C@@H](OCc3ccccc3)CC[C@H]2C12SCCS2. The molecule has 0 bridgehead atoms. The van der Waals surface area contributed by atoms with E-state index in [0.29, 0.717) is 15.6 Å². The second-order valence-corrected chi connectivity index (χ2v) is 10.6. The van der Waals surface area contributed by atoms with Gasteiger partial charge in [0.2, 0.25) is 0 Å². The lowest BCUT2D eigenvalue weighted by molar-refractivity contribution is 0.00984. The minimum atomic E-state index is 0.447. The molecule has 2 aliphatic carbocycles. The Morgan fingerprint density at radius 2 is 1.82 bits per heavy atom. The van der Waals surface area contributed by atoms with E-state index in [1.807, 2.05) is 0 Å². The fraction of sp³-hybridized carbons (Fsp3) is 0.684. The Bertz CT molecular complexity index is 521. The van der Waals surface area contributed by atoms with Crippen molar-refractivity contribution in [1.82, 2.24) is 0 Å². The van der Waals surface area contributed by atoms with E-state index in [1.165, 1.54) is 36.3 Å². The van der Waals surface area contributed by atoms with Crippen molar-refractivity contribution in [2.24, 2.45) is 17.3 Å². The van der Waals surface area contributed by atoms with Gasteiger partial charge in [0.1, 0.15) is 0 Å². The number of thioether (sulfide) groups is 2. The molecule has 1 aromatic carbocycles. The molecule has 1 heterocycles. The van der Waals surface area contributed by atoms with Gasteiger partial charge in [0, 0.05) is 11.5 Å². The third kappa shape index (κ3) is 2.35. The van der Waals surface area contributed by atoms with Crippen LogP contribution >= 0.6 is 23.5 Å². The Hall–Kier alpha value is -0.120. The highest BCUT2D eigenvalue weighted by Crippen LogP contribution is 2.71. The fourth-order valence-corrected chi connectivity index (χ4v) is 9.10. The average molecular weight is 335 g/mol. The standard InChI is InChI=1S/C19H26OS2/c1-18(2)12-15-16(19(18)21-10-11-22-19)8-9-17(15)20-13-14-6-4-3-5-7-14/h3-7,15-17H,8-13H2,1-2H3/t15-,16-,17+/m1/s1. The summed E-state index contributed by atoms with van der Waals surface area (Å²) in [5.41, 5.74) is 1.76. The minimum absolute atomic E-state index is 0.447. The molecule has 0 unspecified atom stereocenters. The number of ether oxygens (including phenoxy) is 1. The molecule has 22 heavy (non-hydrogen) atoms. The van der Waals surface area contributed by atoms with Gasteiger partial charge in [0.05, 0.1) is 16.8 Å². The van der Waals surface area contributed by atoms with Crippen LogP contribution in [0.15, 0.2) is 30.3 Å². The van der Waals surface area contributed by atoms with Gasteiger partial charge in [-0.25, -0.2) is 0 Å². The summed E-state index contributed by atoms with van der Waals surface area (Å²) in [5.74, 6) is 4.32. The molecule has 0 amide bonds. The van der Waals surface area contributed by atoms with Crippen molar-refractivity contribution in [3.05, 3.63) is 35.9 Å². The van der Waals surface area contributed by atoms with Crippen molar-refractivity contribution in [2.75, 3.05) is 11.5 Å². The summed E-state index contributed by atoms with van der Waals surface area (Å²) in [6.45, 7) is 5.79. The fourth-order valence-electron chi connectivity index (χ4n) is 5.03. The molecule has 2 saturated carbocycles. The highest BCUT2D eigenvalue weighted by atomic mass is 32.2. The van der Waals surface area contributed by atoms with Crippen molar-refractivity contribution in [3.8, 4) is 0 Å². The molecule has 1 nitrogen and oxygen atoms in total. The predicted molar refractivity (Wildman–Crippen MR) is 97.3 cm³/mol. The summed E-state index contributed by atoms with van der Waals surface area (Å²) in [6, 6.07) is 10.6. The summed E-state index contributed by atoms with van der Waals surface area (Å²) >= 11 is 4.52. The third-order valence-electron chi connectivity index (χ3n) is 5.96. The number of hydrogen-bond acceptors (Lipinski definition) is 3. The van der Waals surface area contributed by atoms with E-state index in [4.69, 9.17) is 4.74 Å². The molecule has 4 rings (SSSR count). The second-order valence-electron chi connectivity index (χ2n) is 7.64. The van der Waals surface area contributed by atoms with Crippen molar-refractivity contribution < 1.29 is 4.74 Å². The molecular weight excluding hydrogens is 308 g/mol. The molecule has 3 fully saturated rings. The topological polar surface area (TPSA) is 9.23 Å². The zero-order valence-corrected chi connectivity index (χ0v) is 15.2. The lowest BCUT2D eigenvalue weighted by Crippen LogP contribution is -2.36. The molecule has 1 spiro atoms. The molecular formula is C19H26OS2. The van der Waals surface area contributed by atoms with Crippen LogP contribution in [0.5, 0.6) is 0 Å². The zero-order chi connectivity index (χ0) is 15.2. The van der Waals surface area contributed by atoms with Crippen LogP contribution in [0.4, 0.5) is 0 Å². The Balaban J connectivity index is 1.47. The molecule has 0 radical (unpaired) electrons. The summed E-state index contributed by atoms with van der Waals surface area (Å²) in [5, 5.41) is 0. The van der Waals surface area contributed by atoms with Gasteiger partial charge in [-0.15, -0.1) is 23.5 Å². The van der Waals surface area contributed by atoms with Gasteiger partial charge >= 0.3 is 0 Å². The van der Waals surface area contributed by atoms with Gasteiger partial charge in [-0.2, -0.15) is 0 Å². The first-order chi connectivity index (χ1) is 10.6. The summed E-state index contributed by atoms with van der Waals surface area (Å²) in [7, 11) is 0. The Morgan fingerprint density at radius 1 is 1.09 bits per heavy atom. The van der Waals surface area contributed by atoms with Gasteiger partial charge in [-0.1, -0.05) is 44.2 Å². The number of rotatable bonds is 3. The maximum absolute atomic E-state index is 6.38. The maximum Gasteiger partial charge on any atom is 0.0720 e. The minimum Gasteiger partial charge on any atom is -0.373 e. The van der Waals surface area contributed by atoms with Crippen LogP contribution in [-0.2, 0) is 11.3 Å². The van der Waals surface area contributed by atoms with E-state index in [2.05, 4.69) is 67.7 Å². The number of benzene rings is 1. The Kier molecular flexibility index (Phi) is 4.03. The van der Waals surface area contributed by atoms with Crippen LogP contribution in [-0.4, -0.2) is 21.7 Å². The molecule has 3 aliphatic rings. The highest BCUT2D eigenvalue weighted by Gasteiger charge is 2.64. The normalized spacial score (nSPS) is 35.1. The van der Waals surface area contributed by atoms with Crippen LogP contribution < -0.4 is 0 Å². The zero-order valence-electron chi connectivity index (χ0n) is 13.6. The molecule has 0 aromatic heterocycles. The van der Waals surface area contributed by atoms with Crippen molar-refractivity contribution in [1.29, 1.82) is 0 Å². The van der Waals surface area contributed by atoms with E-state index >= 15 is 0 Å². The first kappa shape index (κ1) is 15.4. The van der Waals surface area contributed by atoms with E-state index < -0.39 is 0 Å². The third-order valence-corrected chi connectivity index (χ3v) is 10.3. The smallest absolute Gasteiger partial charge is 0.0720 e. The van der Waals surface area contributed by atoms with Crippen LogP contribution in [0.3, 0.4) is 0 Å². The average Bonchev–Trinajstić information content (AvgIpc) is 3.18. The number of fused-ring (bicyclic) bond motifs is 2. The van der Waals surface area contributed by atoms with Gasteiger partial charge in [0.15, 0.2) is 0 Å². The first-order valence-electron chi connectivity index (χ1n) is 8.56. The first-order valence-corrected chi connectivity index (χ1v) is 10.5. The van der Waals surface area contributed by atoms with E-state index in [9.17, 15) is 0 Å².